The van der Waals surface area contributed by atoms with E-state index in [1.54, 1.807) is 12.1 Å². The van der Waals surface area contributed by atoms with Gasteiger partial charge in [0.25, 0.3) is 5.91 Å². The Bertz CT molecular complexity index is 716. The molecule has 0 fully saturated rings. The van der Waals surface area contributed by atoms with Crippen LogP contribution in [0.15, 0.2) is 24.3 Å². The summed E-state index contributed by atoms with van der Waals surface area (Å²) in [7, 11) is 0. The first-order valence-electron chi connectivity index (χ1n) is 7.39. The molecule has 1 atom stereocenters. The van der Waals surface area contributed by atoms with Crippen LogP contribution in [0.4, 0.5) is 0 Å². The number of esters is 1. The van der Waals surface area contributed by atoms with Crippen LogP contribution in [0.1, 0.15) is 35.5 Å². The number of halogens is 1. The van der Waals surface area contributed by atoms with E-state index in [2.05, 4.69) is 14.9 Å². The van der Waals surface area contributed by atoms with Crippen molar-refractivity contribution >= 4 is 35.0 Å². The van der Waals surface area contributed by atoms with Gasteiger partial charge >= 0.3 is 5.97 Å². The van der Waals surface area contributed by atoms with E-state index < -0.39 is 12.0 Å². The maximum absolute atomic E-state index is 12.3. The smallest absolute Gasteiger partial charge is 0.329 e. The average Bonchev–Trinajstić information content (AvgIpc) is 2.95. The minimum atomic E-state index is -0.760. The molecule has 0 radical (unpaired) electrons. The second kappa shape index (κ2) is 8.21. The lowest BCUT2D eigenvalue weighted by Gasteiger charge is -2.20. The maximum Gasteiger partial charge on any atom is 0.329 e. The number of rotatable bonds is 6. The number of nitrogens with one attached hydrogen (secondary N) is 1. The van der Waals surface area contributed by atoms with Crippen molar-refractivity contribution < 1.29 is 14.3 Å². The zero-order valence-electron chi connectivity index (χ0n) is 13.6. The normalized spacial score (nSPS) is 12.0. The topological polar surface area (TPSA) is 81.2 Å². The van der Waals surface area contributed by atoms with Gasteiger partial charge in [0.05, 0.1) is 0 Å². The molecule has 1 aromatic heterocycles. The van der Waals surface area contributed by atoms with Crippen molar-refractivity contribution in [1.82, 2.24) is 14.9 Å². The third-order valence-corrected chi connectivity index (χ3v) is 4.37. The number of carbonyl (C=O) groups is 2. The first kappa shape index (κ1) is 18.4. The monoisotopic (exact) mass is 367 g/mol. The number of benzene rings is 1. The third kappa shape index (κ3) is 4.75. The maximum atomic E-state index is 12.3. The van der Waals surface area contributed by atoms with Gasteiger partial charge in [-0.3, -0.25) is 4.79 Å². The predicted molar refractivity (Wildman–Crippen MR) is 92.0 cm³/mol. The molecule has 0 bridgehead atoms. The summed E-state index contributed by atoms with van der Waals surface area (Å²) in [5, 5.41) is 6.50. The summed E-state index contributed by atoms with van der Waals surface area (Å²) >= 11 is 6.90. The lowest BCUT2D eigenvalue weighted by molar-refractivity contribution is -0.148. The molecule has 0 aliphatic carbocycles. The van der Waals surface area contributed by atoms with Crippen molar-refractivity contribution in [1.29, 1.82) is 0 Å². The van der Waals surface area contributed by atoms with Gasteiger partial charge in [0.2, 0.25) is 0 Å². The zero-order chi connectivity index (χ0) is 17.7. The Balaban J connectivity index is 2.00. The molecule has 1 amide bonds. The molecule has 1 heterocycles. The fraction of sp³-hybridized carbons (Fsp3) is 0.375. The Morgan fingerprint density at radius 2 is 1.96 bits per heavy atom. The number of hydrogen-bond donors (Lipinski definition) is 1. The Morgan fingerprint density at radius 3 is 2.50 bits per heavy atom. The quantitative estimate of drug-likeness (QED) is 0.794. The summed E-state index contributed by atoms with van der Waals surface area (Å²) in [5.74, 6) is -0.982. The van der Waals surface area contributed by atoms with Gasteiger partial charge in [0.1, 0.15) is 22.7 Å². The molecule has 8 heteroatoms. The van der Waals surface area contributed by atoms with Crippen LogP contribution in [0, 0.1) is 12.8 Å². The molecule has 2 aromatic rings. The highest BCUT2D eigenvalue weighted by molar-refractivity contribution is 7.10. The second-order valence-corrected chi connectivity index (χ2v) is 7.02. The summed E-state index contributed by atoms with van der Waals surface area (Å²) in [6, 6.07) is 6.36. The summed E-state index contributed by atoms with van der Waals surface area (Å²) < 4.78 is 9.27. The van der Waals surface area contributed by atoms with Crippen molar-refractivity contribution in [3.05, 3.63) is 45.4 Å². The van der Waals surface area contributed by atoms with Crippen molar-refractivity contribution in [2.24, 2.45) is 5.92 Å². The van der Waals surface area contributed by atoms with Crippen molar-refractivity contribution in [2.75, 3.05) is 0 Å². The number of amides is 1. The van der Waals surface area contributed by atoms with E-state index in [0.717, 1.165) is 17.1 Å². The molecular formula is C16H18ClN3O3S. The van der Waals surface area contributed by atoms with E-state index in [-0.39, 0.29) is 18.4 Å². The molecule has 0 aliphatic rings. The molecule has 2 rings (SSSR count). The molecule has 128 valence electrons. The summed E-state index contributed by atoms with van der Waals surface area (Å²) in [5.41, 5.74) is 1.95. The number of aromatic nitrogens is 2. The molecule has 0 spiro atoms. The highest BCUT2D eigenvalue weighted by Crippen LogP contribution is 2.18. The molecule has 24 heavy (non-hydrogen) atoms. The van der Waals surface area contributed by atoms with E-state index in [1.807, 2.05) is 32.9 Å². The average molecular weight is 368 g/mol. The Kier molecular flexibility index (Phi) is 6.28. The fourth-order valence-electron chi connectivity index (χ4n) is 1.94. The highest BCUT2D eigenvalue weighted by Gasteiger charge is 2.26. The molecule has 0 saturated carbocycles. The van der Waals surface area contributed by atoms with Gasteiger partial charge in [-0.2, -0.15) is 0 Å². The molecule has 1 N–H and O–H groups in total. The van der Waals surface area contributed by atoms with E-state index in [1.165, 1.54) is 0 Å². The zero-order valence-corrected chi connectivity index (χ0v) is 15.1. The largest absolute Gasteiger partial charge is 0.457 e. The van der Waals surface area contributed by atoms with E-state index in [4.69, 9.17) is 16.3 Å². The SMILES string of the molecule is Cc1ccc(C(=O)N[C@@H](C(=O)OCc2nnsc2Cl)C(C)C)cc1. The minimum absolute atomic E-state index is 0.0716. The van der Waals surface area contributed by atoms with Crippen LogP contribution in [-0.2, 0) is 16.1 Å². The number of ether oxygens (including phenoxy) is 1. The van der Waals surface area contributed by atoms with Crippen molar-refractivity contribution in [2.45, 2.75) is 33.4 Å². The van der Waals surface area contributed by atoms with Crippen LogP contribution in [0.25, 0.3) is 0 Å². The molecule has 6 nitrogen and oxygen atoms in total. The first-order chi connectivity index (χ1) is 11.4. The van der Waals surface area contributed by atoms with Crippen LogP contribution in [0.3, 0.4) is 0 Å². The number of aryl methyl sites for hydroxylation is 1. The first-order valence-corrected chi connectivity index (χ1v) is 8.54. The van der Waals surface area contributed by atoms with E-state index in [9.17, 15) is 9.59 Å². The van der Waals surface area contributed by atoms with Crippen LogP contribution in [0.5, 0.6) is 0 Å². The van der Waals surface area contributed by atoms with Crippen LogP contribution >= 0.6 is 23.1 Å². The minimum Gasteiger partial charge on any atom is -0.457 e. The van der Waals surface area contributed by atoms with E-state index >= 15 is 0 Å². The molecule has 1 aromatic carbocycles. The Morgan fingerprint density at radius 1 is 1.29 bits per heavy atom. The standard InChI is InChI=1S/C16H18ClN3O3S/c1-9(2)13(16(22)23-8-12-14(17)24-20-19-12)18-15(21)11-6-4-10(3)5-7-11/h4-7,9,13H,8H2,1-3H3,(H,18,21)/t13-/m1/s1. The second-order valence-electron chi connectivity index (χ2n) is 5.66. The van der Waals surface area contributed by atoms with Crippen LogP contribution < -0.4 is 5.32 Å². The third-order valence-electron chi connectivity index (χ3n) is 3.38. The molecule has 0 aliphatic heterocycles. The van der Waals surface area contributed by atoms with Gasteiger partial charge in [0.15, 0.2) is 0 Å². The van der Waals surface area contributed by atoms with Crippen molar-refractivity contribution in [3.8, 4) is 0 Å². The van der Waals surface area contributed by atoms with Gasteiger partial charge in [-0.25, -0.2) is 4.79 Å². The lowest BCUT2D eigenvalue weighted by Crippen LogP contribution is -2.45. The van der Waals surface area contributed by atoms with Crippen molar-refractivity contribution in [3.63, 3.8) is 0 Å². The van der Waals surface area contributed by atoms with Gasteiger partial charge < -0.3 is 10.1 Å². The van der Waals surface area contributed by atoms with Gasteiger partial charge in [-0.1, -0.05) is 47.6 Å². The van der Waals surface area contributed by atoms with E-state index in [0.29, 0.717) is 15.6 Å². The Labute approximate surface area is 149 Å². The van der Waals surface area contributed by atoms with Gasteiger partial charge in [-0.05, 0) is 25.0 Å². The van der Waals surface area contributed by atoms with Crippen LogP contribution in [0.2, 0.25) is 4.34 Å². The molecule has 0 unspecified atom stereocenters. The predicted octanol–water partition coefficient (Wildman–Crippen LogP) is 3.00. The van der Waals surface area contributed by atoms with Gasteiger partial charge in [0, 0.05) is 17.1 Å². The lowest BCUT2D eigenvalue weighted by atomic mass is 10.0. The number of nitrogens with zero attached hydrogens (tertiary/aromatic N) is 2. The summed E-state index contributed by atoms with van der Waals surface area (Å²) in [4.78, 5) is 24.6. The van der Waals surface area contributed by atoms with Gasteiger partial charge in [-0.15, -0.1) is 5.10 Å². The summed E-state index contributed by atoms with van der Waals surface area (Å²) in [6.07, 6.45) is 0. The molecular weight excluding hydrogens is 350 g/mol. The number of carbonyl (C=O) groups excluding carboxylic acids is 2. The fourth-order valence-corrected chi connectivity index (χ4v) is 2.54. The molecule has 0 saturated heterocycles. The number of hydrogen-bond acceptors (Lipinski definition) is 6. The van der Waals surface area contributed by atoms with Crippen LogP contribution in [-0.4, -0.2) is 27.5 Å². The Hall–Kier alpha value is -1.99. The highest BCUT2D eigenvalue weighted by atomic mass is 35.5. The summed E-state index contributed by atoms with van der Waals surface area (Å²) in [6.45, 7) is 5.53.